The quantitative estimate of drug-likeness (QED) is 0.879. The minimum absolute atomic E-state index is 0.244. The highest BCUT2D eigenvalue weighted by Crippen LogP contribution is 2.29. The summed E-state index contributed by atoms with van der Waals surface area (Å²) in [5, 5.41) is 10.1. The van der Waals surface area contributed by atoms with Crippen molar-refractivity contribution in [3.8, 4) is 11.3 Å². The van der Waals surface area contributed by atoms with E-state index in [2.05, 4.69) is 24.0 Å². The molecule has 0 amide bonds. The van der Waals surface area contributed by atoms with Crippen LogP contribution in [0.1, 0.15) is 23.2 Å². The molecule has 17 heavy (non-hydrogen) atoms. The Bertz CT molecular complexity index is 464. The zero-order valence-corrected chi connectivity index (χ0v) is 10.8. The molecule has 1 aromatic carbocycles. The zero-order chi connectivity index (χ0) is 12.1. The fraction of sp³-hybridized carbons (Fsp3) is 0.357. The molecule has 0 saturated carbocycles. The van der Waals surface area contributed by atoms with Crippen molar-refractivity contribution >= 4 is 11.3 Å². The molecule has 1 N–H and O–H groups in total. The van der Waals surface area contributed by atoms with Crippen LogP contribution in [0.3, 0.4) is 0 Å². The summed E-state index contributed by atoms with van der Waals surface area (Å²) in [5.41, 5.74) is 2.28. The average Bonchev–Trinajstić information content (AvgIpc) is 2.80. The molecular formula is C14H17NOS. The normalized spacial score (nSPS) is 10.7. The Kier molecular flexibility index (Phi) is 4.29. The Balaban J connectivity index is 2.34. The van der Waals surface area contributed by atoms with Crippen LogP contribution in [-0.2, 0) is 12.8 Å². The molecular weight excluding hydrogens is 230 g/mol. The Labute approximate surface area is 106 Å². The van der Waals surface area contributed by atoms with Crippen molar-refractivity contribution in [2.75, 3.05) is 6.61 Å². The summed E-state index contributed by atoms with van der Waals surface area (Å²) in [4.78, 5) is 5.98. The first-order valence-electron chi connectivity index (χ1n) is 6.00. The lowest BCUT2D eigenvalue weighted by atomic mass is 10.1. The van der Waals surface area contributed by atoms with Gasteiger partial charge in [-0.25, -0.2) is 4.98 Å². The molecule has 0 atom stereocenters. The number of aliphatic hydroxyl groups excluding tert-OH is 1. The Morgan fingerprint density at radius 2 is 2.00 bits per heavy atom. The number of aryl methyl sites for hydroxylation is 2. The number of hydrogen-bond donors (Lipinski definition) is 1. The summed E-state index contributed by atoms with van der Waals surface area (Å²) in [7, 11) is 0. The predicted octanol–water partition coefficient (Wildman–Crippen LogP) is 3.30. The topological polar surface area (TPSA) is 33.1 Å². The summed E-state index contributed by atoms with van der Waals surface area (Å²) < 4.78 is 0. The predicted molar refractivity (Wildman–Crippen MR) is 72.3 cm³/mol. The Morgan fingerprint density at radius 3 is 2.65 bits per heavy atom. The summed E-state index contributed by atoms with van der Waals surface area (Å²) >= 11 is 1.77. The Hall–Kier alpha value is -1.19. The minimum Gasteiger partial charge on any atom is -0.396 e. The fourth-order valence-corrected chi connectivity index (χ4v) is 2.85. The number of hydrogen-bond acceptors (Lipinski definition) is 3. The van der Waals surface area contributed by atoms with E-state index < -0.39 is 0 Å². The van der Waals surface area contributed by atoms with E-state index in [0.717, 1.165) is 25.0 Å². The monoisotopic (exact) mass is 247 g/mol. The third kappa shape index (κ3) is 2.93. The van der Waals surface area contributed by atoms with Gasteiger partial charge in [-0.2, -0.15) is 0 Å². The van der Waals surface area contributed by atoms with Gasteiger partial charge in [-0.1, -0.05) is 37.3 Å². The number of aromatic nitrogens is 1. The second kappa shape index (κ2) is 5.94. The highest BCUT2D eigenvalue weighted by molar-refractivity contribution is 7.12. The van der Waals surface area contributed by atoms with Crippen molar-refractivity contribution in [2.45, 2.75) is 26.2 Å². The van der Waals surface area contributed by atoms with Gasteiger partial charge in [0.15, 0.2) is 0 Å². The summed E-state index contributed by atoms with van der Waals surface area (Å²) in [6, 6.07) is 10.3. The minimum atomic E-state index is 0.244. The lowest BCUT2D eigenvalue weighted by Crippen LogP contribution is -1.89. The van der Waals surface area contributed by atoms with Crippen LogP contribution in [0.2, 0.25) is 0 Å². The molecule has 0 bridgehead atoms. The number of thiazole rings is 1. The van der Waals surface area contributed by atoms with E-state index in [9.17, 15) is 0 Å². The maximum Gasteiger partial charge on any atom is 0.0932 e. The van der Waals surface area contributed by atoms with Crippen LogP contribution in [0.15, 0.2) is 30.3 Å². The van der Waals surface area contributed by atoms with Crippen LogP contribution < -0.4 is 0 Å². The molecule has 0 fully saturated rings. The molecule has 1 heterocycles. The number of rotatable bonds is 5. The van der Waals surface area contributed by atoms with Gasteiger partial charge in [0.1, 0.15) is 0 Å². The highest BCUT2D eigenvalue weighted by atomic mass is 32.1. The molecule has 0 aliphatic carbocycles. The lowest BCUT2D eigenvalue weighted by molar-refractivity contribution is 0.289. The van der Waals surface area contributed by atoms with E-state index >= 15 is 0 Å². The maximum absolute atomic E-state index is 8.94. The molecule has 0 spiro atoms. The molecule has 0 saturated heterocycles. The maximum atomic E-state index is 8.94. The number of aliphatic hydroxyl groups is 1. The first-order chi connectivity index (χ1) is 8.35. The smallest absolute Gasteiger partial charge is 0.0932 e. The van der Waals surface area contributed by atoms with E-state index in [1.54, 1.807) is 11.3 Å². The van der Waals surface area contributed by atoms with Crippen molar-refractivity contribution in [1.82, 2.24) is 4.98 Å². The van der Waals surface area contributed by atoms with Gasteiger partial charge in [0.25, 0.3) is 0 Å². The van der Waals surface area contributed by atoms with Crippen molar-refractivity contribution in [3.05, 3.63) is 40.2 Å². The third-order valence-corrected chi connectivity index (χ3v) is 3.91. The van der Waals surface area contributed by atoms with E-state index in [0.29, 0.717) is 0 Å². The van der Waals surface area contributed by atoms with E-state index in [1.807, 2.05) is 18.2 Å². The van der Waals surface area contributed by atoms with Crippen LogP contribution in [0.4, 0.5) is 0 Å². The van der Waals surface area contributed by atoms with Gasteiger partial charge in [0.2, 0.25) is 0 Å². The van der Waals surface area contributed by atoms with E-state index in [1.165, 1.54) is 15.4 Å². The molecule has 2 aromatic rings. The van der Waals surface area contributed by atoms with E-state index in [4.69, 9.17) is 5.11 Å². The molecule has 3 heteroatoms. The molecule has 90 valence electrons. The number of benzene rings is 1. The SMILES string of the molecule is CCc1nc(-c2ccccc2)c(CCCO)s1. The third-order valence-electron chi connectivity index (χ3n) is 2.65. The van der Waals surface area contributed by atoms with Crippen LogP contribution in [-0.4, -0.2) is 16.7 Å². The summed E-state index contributed by atoms with van der Waals surface area (Å²) in [5.74, 6) is 0. The van der Waals surface area contributed by atoms with Gasteiger partial charge >= 0.3 is 0 Å². The van der Waals surface area contributed by atoms with E-state index in [-0.39, 0.29) is 6.61 Å². The molecule has 2 nitrogen and oxygen atoms in total. The average molecular weight is 247 g/mol. The second-order valence-electron chi connectivity index (χ2n) is 3.93. The summed E-state index contributed by atoms with van der Waals surface area (Å²) in [6.45, 7) is 2.37. The largest absolute Gasteiger partial charge is 0.396 e. The van der Waals surface area contributed by atoms with Crippen molar-refractivity contribution in [3.63, 3.8) is 0 Å². The molecule has 0 aliphatic heterocycles. The molecule has 1 aromatic heterocycles. The Morgan fingerprint density at radius 1 is 1.24 bits per heavy atom. The van der Waals surface area contributed by atoms with Crippen LogP contribution in [0, 0.1) is 0 Å². The summed E-state index contributed by atoms with van der Waals surface area (Å²) in [6.07, 6.45) is 2.70. The fourth-order valence-electron chi connectivity index (χ4n) is 1.78. The van der Waals surface area contributed by atoms with Crippen molar-refractivity contribution in [1.29, 1.82) is 0 Å². The van der Waals surface area contributed by atoms with Gasteiger partial charge in [0, 0.05) is 17.0 Å². The van der Waals surface area contributed by atoms with Crippen LogP contribution in [0.5, 0.6) is 0 Å². The van der Waals surface area contributed by atoms with Gasteiger partial charge < -0.3 is 5.11 Å². The zero-order valence-electron chi connectivity index (χ0n) is 10.0. The van der Waals surface area contributed by atoms with Gasteiger partial charge in [-0.05, 0) is 19.3 Å². The standard InChI is InChI=1S/C14H17NOS/c1-2-13-15-14(11-7-4-3-5-8-11)12(17-13)9-6-10-16/h3-5,7-8,16H,2,6,9-10H2,1H3. The first kappa shape index (κ1) is 12.3. The van der Waals surface area contributed by atoms with Crippen molar-refractivity contribution in [2.24, 2.45) is 0 Å². The lowest BCUT2D eigenvalue weighted by Gasteiger charge is -2.00. The molecule has 0 radical (unpaired) electrons. The van der Waals surface area contributed by atoms with Crippen molar-refractivity contribution < 1.29 is 5.11 Å². The highest BCUT2D eigenvalue weighted by Gasteiger charge is 2.11. The molecule has 0 unspecified atom stereocenters. The number of nitrogens with zero attached hydrogens (tertiary/aromatic N) is 1. The molecule has 2 rings (SSSR count). The first-order valence-corrected chi connectivity index (χ1v) is 6.81. The van der Waals surface area contributed by atoms with Gasteiger partial charge in [-0.15, -0.1) is 11.3 Å². The second-order valence-corrected chi connectivity index (χ2v) is 5.09. The van der Waals surface area contributed by atoms with Gasteiger partial charge in [0.05, 0.1) is 10.7 Å². The van der Waals surface area contributed by atoms with Crippen LogP contribution in [0.25, 0.3) is 11.3 Å². The molecule has 0 aliphatic rings. The van der Waals surface area contributed by atoms with Crippen LogP contribution >= 0.6 is 11.3 Å². The van der Waals surface area contributed by atoms with Gasteiger partial charge in [-0.3, -0.25) is 0 Å².